The molecule has 2 aromatic carbocycles. The molecule has 2 rings (SSSR count). The number of hydrogen-bond donors (Lipinski definition) is 0. The summed E-state index contributed by atoms with van der Waals surface area (Å²) in [4.78, 5) is 12.1. The van der Waals surface area contributed by atoms with Gasteiger partial charge >= 0.3 is 0 Å². The lowest BCUT2D eigenvalue weighted by atomic mass is 9.99. The quantitative estimate of drug-likeness (QED) is 0.832. The molecule has 0 saturated heterocycles. The number of ketones is 1. The largest absolute Gasteiger partial charge is 0.497 e. The van der Waals surface area contributed by atoms with E-state index in [-0.39, 0.29) is 18.0 Å². The lowest BCUT2D eigenvalue weighted by molar-refractivity contribution is -0.117. The number of Topliss-reactive ketones (excluding diaryl/α,β-unsaturated/α-hetero) is 1. The number of carbonyl (C=O) groups excluding carboxylic acids is 1. The standard InChI is InChI=1S/C17H17FO2/c1-12-6-7-15(18)10-14(12)11-16(19)8-13-4-3-5-17(9-13)20-2/h3-7,9-10H,8,11H2,1-2H3. The first-order valence-corrected chi connectivity index (χ1v) is 6.48. The molecule has 0 spiro atoms. The lowest BCUT2D eigenvalue weighted by Crippen LogP contribution is -2.08. The number of carbonyl (C=O) groups is 1. The maximum atomic E-state index is 13.2. The highest BCUT2D eigenvalue weighted by Crippen LogP contribution is 2.15. The van der Waals surface area contributed by atoms with Gasteiger partial charge in [0.25, 0.3) is 0 Å². The van der Waals surface area contributed by atoms with Gasteiger partial charge in [0.15, 0.2) is 0 Å². The van der Waals surface area contributed by atoms with Crippen LogP contribution in [0.5, 0.6) is 5.75 Å². The van der Waals surface area contributed by atoms with E-state index in [1.54, 1.807) is 13.2 Å². The minimum atomic E-state index is -0.306. The summed E-state index contributed by atoms with van der Waals surface area (Å²) in [7, 11) is 1.59. The van der Waals surface area contributed by atoms with Gasteiger partial charge in [0.1, 0.15) is 17.3 Å². The number of ether oxygens (including phenoxy) is 1. The molecular weight excluding hydrogens is 255 g/mol. The molecule has 0 saturated carbocycles. The highest BCUT2D eigenvalue weighted by atomic mass is 19.1. The van der Waals surface area contributed by atoms with Gasteiger partial charge in [-0.15, -0.1) is 0 Å². The van der Waals surface area contributed by atoms with E-state index in [1.165, 1.54) is 12.1 Å². The van der Waals surface area contributed by atoms with Gasteiger partial charge in [-0.1, -0.05) is 18.2 Å². The Balaban J connectivity index is 2.07. The van der Waals surface area contributed by atoms with Crippen LogP contribution < -0.4 is 4.74 Å². The van der Waals surface area contributed by atoms with E-state index in [0.29, 0.717) is 6.42 Å². The van der Waals surface area contributed by atoms with Crippen LogP contribution in [0.25, 0.3) is 0 Å². The lowest BCUT2D eigenvalue weighted by Gasteiger charge is -2.07. The van der Waals surface area contributed by atoms with Crippen molar-refractivity contribution in [1.29, 1.82) is 0 Å². The van der Waals surface area contributed by atoms with E-state index in [2.05, 4.69) is 0 Å². The van der Waals surface area contributed by atoms with Gasteiger partial charge in [0.05, 0.1) is 7.11 Å². The van der Waals surface area contributed by atoms with Crippen LogP contribution in [0.2, 0.25) is 0 Å². The normalized spacial score (nSPS) is 10.3. The SMILES string of the molecule is COc1cccc(CC(=O)Cc2cc(F)ccc2C)c1. The van der Waals surface area contributed by atoms with E-state index in [4.69, 9.17) is 4.74 Å². The van der Waals surface area contributed by atoms with E-state index in [9.17, 15) is 9.18 Å². The highest BCUT2D eigenvalue weighted by molar-refractivity contribution is 5.83. The second-order valence-electron chi connectivity index (χ2n) is 4.81. The zero-order valence-corrected chi connectivity index (χ0v) is 11.7. The molecule has 0 aliphatic heterocycles. The van der Waals surface area contributed by atoms with E-state index >= 15 is 0 Å². The molecule has 0 atom stereocenters. The van der Waals surface area contributed by atoms with Crippen molar-refractivity contribution in [3.05, 3.63) is 65.0 Å². The van der Waals surface area contributed by atoms with Crippen LogP contribution in [0.3, 0.4) is 0 Å². The Labute approximate surface area is 118 Å². The van der Waals surface area contributed by atoms with Gasteiger partial charge < -0.3 is 4.74 Å². The second kappa shape index (κ2) is 6.33. The van der Waals surface area contributed by atoms with Gasteiger partial charge in [-0.05, 0) is 47.9 Å². The monoisotopic (exact) mass is 272 g/mol. The third-order valence-corrected chi connectivity index (χ3v) is 3.23. The predicted molar refractivity (Wildman–Crippen MR) is 76.5 cm³/mol. The molecule has 3 heteroatoms. The third kappa shape index (κ3) is 3.67. The number of rotatable bonds is 5. The number of aryl methyl sites for hydroxylation is 1. The van der Waals surface area contributed by atoms with Crippen LogP contribution in [-0.4, -0.2) is 12.9 Å². The number of benzene rings is 2. The summed E-state index contributed by atoms with van der Waals surface area (Å²) in [5, 5.41) is 0. The minimum absolute atomic E-state index is 0.0620. The van der Waals surface area contributed by atoms with Gasteiger partial charge in [0.2, 0.25) is 0 Å². The van der Waals surface area contributed by atoms with Crippen LogP contribution >= 0.6 is 0 Å². The summed E-state index contributed by atoms with van der Waals surface area (Å²) < 4.78 is 18.3. The zero-order valence-electron chi connectivity index (χ0n) is 11.7. The first-order valence-electron chi connectivity index (χ1n) is 6.48. The second-order valence-corrected chi connectivity index (χ2v) is 4.81. The third-order valence-electron chi connectivity index (χ3n) is 3.23. The van der Waals surface area contributed by atoms with Crippen molar-refractivity contribution in [3.63, 3.8) is 0 Å². The fourth-order valence-corrected chi connectivity index (χ4v) is 2.12. The average Bonchev–Trinajstić information content (AvgIpc) is 2.43. The summed E-state index contributed by atoms with van der Waals surface area (Å²) in [6.07, 6.45) is 0.577. The van der Waals surface area contributed by atoms with Gasteiger partial charge in [-0.25, -0.2) is 4.39 Å². The molecule has 0 heterocycles. The first kappa shape index (κ1) is 14.3. The Morgan fingerprint density at radius 2 is 1.95 bits per heavy atom. The van der Waals surface area contributed by atoms with Crippen molar-refractivity contribution in [2.45, 2.75) is 19.8 Å². The number of methoxy groups -OCH3 is 1. The van der Waals surface area contributed by atoms with Crippen LogP contribution in [0.4, 0.5) is 4.39 Å². The summed E-state index contributed by atoms with van der Waals surface area (Å²) in [5.41, 5.74) is 2.59. The minimum Gasteiger partial charge on any atom is -0.497 e. The molecule has 0 N–H and O–H groups in total. The van der Waals surface area contributed by atoms with Gasteiger partial charge in [-0.2, -0.15) is 0 Å². The average molecular weight is 272 g/mol. The Kier molecular flexibility index (Phi) is 4.51. The molecule has 0 aliphatic carbocycles. The number of halogens is 1. The summed E-state index contributed by atoms with van der Waals surface area (Å²) in [6.45, 7) is 1.88. The highest BCUT2D eigenvalue weighted by Gasteiger charge is 2.09. The van der Waals surface area contributed by atoms with Crippen LogP contribution in [0, 0.1) is 12.7 Å². The maximum absolute atomic E-state index is 13.2. The van der Waals surface area contributed by atoms with Crippen molar-refractivity contribution in [3.8, 4) is 5.75 Å². The molecule has 0 bridgehead atoms. The fraction of sp³-hybridized carbons (Fsp3) is 0.235. The summed E-state index contributed by atoms with van der Waals surface area (Å²) in [5.74, 6) is 0.490. The fourth-order valence-electron chi connectivity index (χ4n) is 2.12. The molecule has 0 radical (unpaired) electrons. The first-order chi connectivity index (χ1) is 9.58. The predicted octanol–water partition coefficient (Wildman–Crippen LogP) is 3.50. The molecule has 104 valence electrons. The topological polar surface area (TPSA) is 26.3 Å². The smallest absolute Gasteiger partial charge is 0.141 e. The van der Waals surface area contributed by atoms with Gasteiger partial charge in [-0.3, -0.25) is 4.79 Å². The summed E-state index contributed by atoms with van der Waals surface area (Å²) >= 11 is 0. The van der Waals surface area contributed by atoms with Crippen molar-refractivity contribution in [2.75, 3.05) is 7.11 Å². The molecule has 0 unspecified atom stereocenters. The van der Waals surface area contributed by atoms with Crippen LogP contribution in [0.1, 0.15) is 16.7 Å². The Morgan fingerprint density at radius 1 is 1.15 bits per heavy atom. The van der Waals surface area contributed by atoms with Gasteiger partial charge in [0, 0.05) is 12.8 Å². The summed E-state index contributed by atoms with van der Waals surface area (Å²) in [6, 6.07) is 12.0. The Morgan fingerprint density at radius 3 is 2.70 bits per heavy atom. The Hall–Kier alpha value is -2.16. The molecule has 0 aliphatic rings. The maximum Gasteiger partial charge on any atom is 0.141 e. The van der Waals surface area contributed by atoms with Crippen LogP contribution in [-0.2, 0) is 17.6 Å². The van der Waals surface area contributed by atoms with Crippen molar-refractivity contribution >= 4 is 5.78 Å². The molecular formula is C17H17FO2. The molecule has 2 aromatic rings. The van der Waals surface area contributed by atoms with Crippen molar-refractivity contribution < 1.29 is 13.9 Å². The molecule has 0 aromatic heterocycles. The molecule has 2 nitrogen and oxygen atoms in total. The van der Waals surface area contributed by atoms with Crippen LogP contribution in [0.15, 0.2) is 42.5 Å². The van der Waals surface area contributed by atoms with Crippen molar-refractivity contribution in [2.24, 2.45) is 0 Å². The van der Waals surface area contributed by atoms with E-state index < -0.39 is 0 Å². The zero-order chi connectivity index (χ0) is 14.5. The van der Waals surface area contributed by atoms with Crippen molar-refractivity contribution in [1.82, 2.24) is 0 Å². The number of hydrogen-bond acceptors (Lipinski definition) is 2. The molecule has 0 fully saturated rings. The van der Waals surface area contributed by atoms with E-state index in [1.807, 2.05) is 31.2 Å². The molecule has 0 amide bonds. The van der Waals surface area contributed by atoms with E-state index in [0.717, 1.165) is 22.4 Å². The molecule has 20 heavy (non-hydrogen) atoms. The Bertz CT molecular complexity index is 620.